The minimum absolute atomic E-state index is 0.311. The van der Waals surface area contributed by atoms with E-state index in [1.807, 2.05) is 6.92 Å². The predicted octanol–water partition coefficient (Wildman–Crippen LogP) is 2.81. The second-order valence-electron chi connectivity index (χ2n) is 4.95. The van der Waals surface area contributed by atoms with E-state index in [0.29, 0.717) is 22.8 Å². The summed E-state index contributed by atoms with van der Waals surface area (Å²) in [5.41, 5.74) is 3.68. The minimum atomic E-state index is -0.311. The van der Waals surface area contributed by atoms with Gasteiger partial charge in [-0.1, -0.05) is 17.7 Å². The number of nitrogens with zero attached hydrogens (tertiary/aromatic N) is 2. The van der Waals surface area contributed by atoms with Crippen LogP contribution in [-0.4, -0.2) is 16.5 Å². The van der Waals surface area contributed by atoms with E-state index < -0.39 is 0 Å². The van der Waals surface area contributed by atoms with Gasteiger partial charge in [-0.05, 0) is 37.6 Å². The summed E-state index contributed by atoms with van der Waals surface area (Å²) in [6.45, 7) is 3.69. The second-order valence-corrected chi connectivity index (χ2v) is 5.36. The Labute approximate surface area is 122 Å². The predicted molar refractivity (Wildman–Crippen MR) is 76.4 cm³/mol. The van der Waals surface area contributed by atoms with Gasteiger partial charge in [0.2, 0.25) is 0 Å². The molecular formula is C15H15ClFN3. The molecule has 1 aliphatic rings. The van der Waals surface area contributed by atoms with E-state index in [4.69, 9.17) is 11.6 Å². The zero-order chi connectivity index (χ0) is 14.1. The lowest BCUT2D eigenvalue weighted by atomic mass is 10.0. The van der Waals surface area contributed by atoms with Crippen LogP contribution in [0.25, 0.3) is 0 Å². The van der Waals surface area contributed by atoms with Crippen molar-refractivity contribution in [2.45, 2.75) is 26.3 Å². The molecule has 0 fully saturated rings. The number of halogens is 2. The number of benzene rings is 1. The van der Waals surface area contributed by atoms with Crippen molar-refractivity contribution < 1.29 is 4.39 Å². The Hall–Kier alpha value is -1.52. The van der Waals surface area contributed by atoms with Crippen LogP contribution in [0.3, 0.4) is 0 Å². The van der Waals surface area contributed by atoms with Crippen molar-refractivity contribution in [3.63, 3.8) is 0 Å². The molecular weight excluding hydrogens is 277 g/mol. The molecule has 0 radical (unpaired) electrons. The first-order chi connectivity index (χ1) is 9.65. The Morgan fingerprint density at radius 3 is 3.00 bits per heavy atom. The highest BCUT2D eigenvalue weighted by atomic mass is 35.5. The van der Waals surface area contributed by atoms with Crippen LogP contribution < -0.4 is 5.32 Å². The van der Waals surface area contributed by atoms with Crippen LogP contribution in [0.5, 0.6) is 0 Å². The molecule has 5 heteroatoms. The van der Waals surface area contributed by atoms with Crippen LogP contribution in [0.4, 0.5) is 4.39 Å². The SMILES string of the molecule is Cc1nc(Cc2c(F)cccc2Cl)nc2c1CCNC2. The van der Waals surface area contributed by atoms with E-state index >= 15 is 0 Å². The number of hydrogen-bond acceptors (Lipinski definition) is 3. The average molecular weight is 292 g/mol. The second kappa shape index (κ2) is 5.46. The third kappa shape index (κ3) is 2.53. The monoisotopic (exact) mass is 291 g/mol. The first kappa shape index (κ1) is 13.5. The number of rotatable bonds is 2. The van der Waals surface area contributed by atoms with Crippen LogP contribution in [0.15, 0.2) is 18.2 Å². The highest BCUT2D eigenvalue weighted by Gasteiger charge is 2.16. The van der Waals surface area contributed by atoms with Gasteiger partial charge in [0.05, 0.1) is 5.69 Å². The Kier molecular flexibility index (Phi) is 3.68. The van der Waals surface area contributed by atoms with E-state index in [0.717, 1.165) is 30.9 Å². The van der Waals surface area contributed by atoms with Crippen LogP contribution >= 0.6 is 11.6 Å². The highest BCUT2D eigenvalue weighted by molar-refractivity contribution is 6.31. The zero-order valence-corrected chi connectivity index (χ0v) is 12.0. The molecule has 0 amide bonds. The number of fused-ring (bicyclic) bond motifs is 1. The molecule has 0 unspecified atom stereocenters. The summed E-state index contributed by atoms with van der Waals surface area (Å²) in [6, 6.07) is 4.70. The summed E-state index contributed by atoms with van der Waals surface area (Å²) in [4.78, 5) is 9.05. The highest BCUT2D eigenvalue weighted by Crippen LogP contribution is 2.22. The van der Waals surface area contributed by atoms with Gasteiger partial charge >= 0.3 is 0 Å². The Balaban J connectivity index is 1.97. The molecule has 20 heavy (non-hydrogen) atoms. The lowest BCUT2D eigenvalue weighted by Crippen LogP contribution is -2.26. The van der Waals surface area contributed by atoms with Crippen molar-refractivity contribution in [2.24, 2.45) is 0 Å². The van der Waals surface area contributed by atoms with Gasteiger partial charge in [-0.3, -0.25) is 0 Å². The van der Waals surface area contributed by atoms with Gasteiger partial charge in [-0.2, -0.15) is 0 Å². The van der Waals surface area contributed by atoms with E-state index in [1.54, 1.807) is 12.1 Å². The van der Waals surface area contributed by atoms with Crippen LogP contribution in [0.2, 0.25) is 5.02 Å². The Morgan fingerprint density at radius 1 is 1.35 bits per heavy atom. The maximum absolute atomic E-state index is 13.8. The lowest BCUT2D eigenvalue weighted by molar-refractivity contribution is 0.602. The molecule has 3 nitrogen and oxygen atoms in total. The first-order valence-corrected chi connectivity index (χ1v) is 7.02. The van der Waals surface area contributed by atoms with Gasteiger partial charge in [0.25, 0.3) is 0 Å². The van der Waals surface area contributed by atoms with Gasteiger partial charge in [0.15, 0.2) is 0 Å². The van der Waals surface area contributed by atoms with Gasteiger partial charge in [0, 0.05) is 29.2 Å². The fourth-order valence-electron chi connectivity index (χ4n) is 2.55. The smallest absolute Gasteiger partial charge is 0.133 e. The third-order valence-corrected chi connectivity index (χ3v) is 3.94. The molecule has 0 spiro atoms. The molecule has 1 aliphatic heterocycles. The third-order valence-electron chi connectivity index (χ3n) is 3.59. The summed E-state index contributed by atoms with van der Waals surface area (Å²) in [6.07, 6.45) is 1.27. The summed E-state index contributed by atoms with van der Waals surface area (Å²) in [5.74, 6) is 0.312. The molecule has 2 aromatic rings. The number of aryl methyl sites for hydroxylation is 1. The molecule has 1 N–H and O–H groups in total. The zero-order valence-electron chi connectivity index (χ0n) is 11.2. The molecule has 0 atom stereocenters. The van der Waals surface area contributed by atoms with Gasteiger partial charge in [0.1, 0.15) is 11.6 Å². The van der Waals surface area contributed by atoms with E-state index in [9.17, 15) is 4.39 Å². The topological polar surface area (TPSA) is 37.8 Å². The largest absolute Gasteiger partial charge is 0.311 e. The van der Waals surface area contributed by atoms with E-state index in [2.05, 4.69) is 15.3 Å². The normalized spacial score (nSPS) is 14.2. The molecule has 0 bridgehead atoms. The Bertz CT molecular complexity index is 638. The van der Waals surface area contributed by atoms with Crippen LogP contribution in [0, 0.1) is 12.7 Å². The number of aromatic nitrogens is 2. The summed E-state index contributed by atoms with van der Waals surface area (Å²) < 4.78 is 13.8. The fourth-order valence-corrected chi connectivity index (χ4v) is 2.78. The van der Waals surface area contributed by atoms with E-state index in [1.165, 1.54) is 11.6 Å². The first-order valence-electron chi connectivity index (χ1n) is 6.64. The molecule has 1 aromatic heterocycles. The van der Waals surface area contributed by atoms with Crippen molar-refractivity contribution in [1.82, 2.24) is 15.3 Å². The van der Waals surface area contributed by atoms with Gasteiger partial charge < -0.3 is 5.32 Å². The fraction of sp³-hybridized carbons (Fsp3) is 0.333. The van der Waals surface area contributed by atoms with Crippen LogP contribution in [-0.2, 0) is 19.4 Å². The van der Waals surface area contributed by atoms with E-state index in [-0.39, 0.29) is 5.82 Å². The molecule has 1 aromatic carbocycles. The van der Waals surface area contributed by atoms with Gasteiger partial charge in [-0.15, -0.1) is 0 Å². The average Bonchev–Trinajstić information content (AvgIpc) is 2.43. The maximum Gasteiger partial charge on any atom is 0.133 e. The quantitative estimate of drug-likeness (QED) is 0.924. The van der Waals surface area contributed by atoms with Crippen molar-refractivity contribution in [3.05, 3.63) is 57.4 Å². The molecule has 0 saturated heterocycles. The molecule has 0 saturated carbocycles. The van der Waals surface area contributed by atoms with Crippen molar-refractivity contribution in [3.8, 4) is 0 Å². The van der Waals surface area contributed by atoms with Crippen molar-refractivity contribution in [2.75, 3.05) is 6.54 Å². The standard InChI is InChI=1S/C15H15ClFN3/c1-9-10-5-6-18-8-14(10)20-15(19-9)7-11-12(16)3-2-4-13(11)17/h2-4,18H,5-8H2,1H3. The minimum Gasteiger partial charge on any atom is -0.311 e. The van der Waals surface area contributed by atoms with Crippen molar-refractivity contribution >= 4 is 11.6 Å². The molecule has 3 rings (SSSR count). The summed E-state index contributed by atoms with van der Waals surface area (Å²) >= 11 is 6.05. The Morgan fingerprint density at radius 2 is 2.20 bits per heavy atom. The summed E-state index contributed by atoms with van der Waals surface area (Å²) in [5, 5.41) is 3.71. The molecule has 2 heterocycles. The van der Waals surface area contributed by atoms with Crippen LogP contribution in [0.1, 0.15) is 28.3 Å². The molecule has 0 aliphatic carbocycles. The number of nitrogens with one attached hydrogen (secondary N) is 1. The lowest BCUT2D eigenvalue weighted by Gasteiger charge is -2.18. The molecule has 104 valence electrons. The van der Waals surface area contributed by atoms with Crippen molar-refractivity contribution in [1.29, 1.82) is 0 Å². The summed E-state index contributed by atoms with van der Waals surface area (Å²) in [7, 11) is 0. The number of hydrogen-bond donors (Lipinski definition) is 1. The van der Waals surface area contributed by atoms with Gasteiger partial charge in [-0.25, -0.2) is 14.4 Å². The maximum atomic E-state index is 13.8.